The van der Waals surface area contributed by atoms with Gasteiger partial charge in [0.2, 0.25) is 0 Å². The summed E-state index contributed by atoms with van der Waals surface area (Å²) in [5.74, 6) is 0. The second kappa shape index (κ2) is 8.06. The molecule has 25 heavy (non-hydrogen) atoms. The van der Waals surface area contributed by atoms with Gasteiger partial charge in [-0.2, -0.15) is 0 Å². The Bertz CT molecular complexity index is 577. The molecule has 2 amide bonds. The Labute approximate surface area is 150 Å². The van der Waals surface area contributed by atoms with Crippen molar-refractivity contribution in [3.05, 3.63) is 29.8 Å². The molecule has 2 aliphatic heterocycles. The number of likely N-dealkylation sites (tertiary alicyclic amines) is 1. The Hall–Kier alpha value is -1.79. The molecule has 0 aliphatic carbocycles. The molecule has 2 atom stereocenters. The SMILES string of the molecule is C[C@H]1CN(c2ccccc2CNC2CCN(C(N)=O)CC2)C[C@H](C)O1. The Kier molecular flexibility index (Phi) is 5.81. The molecule has 1 aromatic rings. The van der Waals surface area contributed by atoms with Crippen LogP contribution in [0.25, 0.3) is 0 Å². The maximum absolute atomic E-state index is 11.2. The van der Waals surface area contributed by atoms with Gasteiger partial charge in [-0.15, -0.1) is 0 Å². The van der Waals surface area contributed by atoms with E-state index in [1.54, 1.807) is 4.90 Å². The highest BCUT2D eigenvalue weighted by Crippen LogP contribution is 2.25. The highest BCUT2D eigenvalue weighted by Gasteiger charge is 2.24. The van der Waals surface area contributed by atoms with Crippen LogP contribution in [0, 0.1) is 0 Å². The van der Waals surface area contributed by atoms with E-state index in [0.29, 0.717) is 6.04 Å². The zero-order valence-corrected chi connectivity index (χ0v) is 15.3. The quantitative estimate of drug-likeness (QED) is 0.874. The van der Waals surface area contributed by atoms with Crippen LogP contribution in [0.15, 0.2) is 24.3 Å². The van der Waals surface area contributed by atoms with E-state index in [4.69, 9.17) is 10.5 Å². The first-order valence-corrected chi connectivity index (χ1v) is 9.29. The number of carbonyl (C=O) groups is 1. The number of benzene rings is 1. The average molecular weight is 346 g/mol. The molecule has 2 heterocycles. The third kappa shape index (κ3) is 4.64. The van der Waals surface area contributed by atoms with E-state index in [-0.39, 0.29) is 18.2 Å². The predicted molar refractivity (Wildman–Crippen MR) is 99.7 cm³/mol. The summed E-state index contributed by atoms with van der Waals surface area (Å²) in [7, 11) is 0. The van der Waals surface area contributed by atoms with Gasteiger partial charge in [0.05, 0.1) is 12.2 Å². The van der Waals surface area contributed by atoms with Crippen LogP contribution in [0.5, 0.6) is 0 Å². The first kappa shape index (κ1) is 18.0. The molecule has 6 heteroatoms. The third-order valence-corrected chi connectivity index (χ3v) is 5.14. The van der Waals surface area contributed by atoms with Crippen LogP contribution < -0.4 is 16.0 Å². The normalized spacial score (nSPS) is 25.2. The van der Waals surface area contributed by atoms with Gasteiger partial charge in [0, 0.05) is 44.5 Å². The van der Waals surface area contributed by atoms with Crippen molar-refractivity contribution < 1.29 is 9.53 Å². The highest BCUT2D eigenvalue weighted by molar-refractivity contribution is 5.72. The summed E-state index contributed by atoms with van der Waals surface area (Å²) < 4.78 is 5.86. The number of rotatable bonds is 4. The lowest BCUT2D eigenvalue weighted by Crippen LogP contribution is -2.47. The third-order valence-electron chi connectivity index (χ3n) is 5.14. The number of hydrogen-bond acceptors (Lipinski definition) is 4. The van der Waals surface area contributed by atoms with Gasteiger partial charge >= 0.3 is 6.03 Å². The molecule has 0 spiro atoms. The van der Waals surface area contributed by atoms with Crippen LogP contribution >= 0.6 is 0 Å². The van der Waals surface area contributed by atoms with Gasteiger partial charge < -0.3 is 25.6 Å². The standard InChI is InChI=1S/C19H30N4O2/c1-14-12-23(13-15(2)25-14)18-6-4-3-5-16(18)11-21-17-7-9-22(10-8-17)19(20)24/h3-6,14-15,17,21H,7-13H2,1-2H3,(H2,20,24)/t14-,15-/m0/s1. The Morgan fingerprint density at radius 2 is 1.84 bits per heavy atom. The summed E-state index contributed by atoms with van der Waals surface area (Å²) >= 11 is 0. The molecule has 2 fully saturated rings. The molecule has 0 unspecified atom stereocenters. The molecular formula is C19H30N4O2. The maximum atomic E-state index is 11.2. The van der Waals surface area contributed by atoms with Gasteiger partial charge in [-0.3, -0.25) is 0 Å². The van der Waals surface area contributed by atoms with Crippen molar-refractivity contribution in [2.24, 2.45) is 5.73 Å². The minimum absolute atomic E-state index is 0.253. The lowest BCUT2D eigenvalue weighted by molar-refractivity contribution is -0.00527. The second-order valence-electron chi connectivity index (χ2n) is 7.27. The van der Waals surface area contributed by atoms with Crippen molar-refractivity contribution in [3.8, 4) is 0 Å². The number of morpholine rings is 1. The molecule has 138 valence electrons. The fourth-order valence-electron chi connectivity index (χ4n) is 3.90. The number of piperidine rings is 1. The van der Waals surface area contributed by atoms with Gasteiger partial charge in [0.1, 0.15) is 0 Å². The molecular weight excluding hydrogens is 316 g/mol. The van der Waals surface area contributed by atoms with Crippen LogP contribution in [0.1, 0.15) is 32.3 Å². The van der Waals surface area contributed by atoms with E-state index in [1.165, 1.54) is 11.3 Å². The number of nitrogens with two attached hydrogens (primary N) is 1. The molecule has 0 saturated carbocycles. The number of nitrogens with zero attached hydrogens (tertiary/aromatic N) is 2. The number of ether oxygens (including phenoxy) is 1. The number of nitrogens with one attached hydrogen (secondary N) is 1. The van der Waals surface area contributed by atoms with Crippen LogP contribution in [-0.2, 0) is 11.3 Å². The van der Waals surface area contributed by atoms with Gasteiger partial charge in [-0.05, 0) is 38.3 Å². The number of para-hydroxylation sites is 1. The minimum atomic E-state index is -0.306. The van der Waals surface area contributed by atoms with Gasteiger partial charge in [-0.25, -0.2) is 4.79 Å². The lowest BCUT2D eigenvalue weighted by Gasteiger charge is -2.38. The summed E-state index contributed by atoms with van der Waals surface area (Å²) in [5.41, 5.74) is 7.97. The van der Waals surface area contributed by atoms with Crippen LogP contribution in [0.2, 0.25) is 0 Å². The lowest BCUT2D eigenvalue weighted by atomic mass is 10.0. The molecule has 0 bridgehead atoms. The monoisotopic (exact) mass is 346 g/mol. The number of hydrogen-bond donors (Lipinski definition) is 2. The zero-order chi connectivity index (χ0) is 17.8. The van der Waals surface area contributed by atoms with E-state index in [9.17, 15) is 4.79 Å². The first-order valence-electron chi connectivity index (χ1n) is 9.29. The molecule has 6 nitrogen and oxygen atoms in total. The van der Waals surface area contributed by atoms with Crippen molar-refractivity contribution in [3.63, 3.8) is 0 Å². The van der Waals surface area contributed by atoms with Crippen LogP contribution in [0.4, 0.5) is 10.5 Å². The minimum Gasteiger partial charge on any atom is -0.372 e. The molecule has 3 rings (SSSR count). The number of urea groups is 1. The average Bonchev–Trinajstić information content (AvgIpc) is 2.59. The first-order chi connectivity index (χ1) is 12.0. The van der Waals surface area contributed by atoms with Crippen molar-refractivity contribution >= 4 is 11.7 Å². The largest absolute Gasteiger partial charge is 0.372 e. The fraction of sp³-hybridized carbons (Fsp3) is 0.632. The van der Waals surface area contributed by atoms with Crippen molar-refractivity contribution in [2.45, 2.75) is 51.5 Å². The topological polar surface area (TPSA) is 70.8 Å². The predicted octanol–water partition coefficient (Wildman–Crippen LogP) is 1.93. The van der Waals surface area contributed by atoms with Crippen molar-refractivity contribution in [2.75, 3.05) is 31.1 Å². The van der Waals surface area contributed by atoms with E-state index < -0.39 is 0 Å². The summed E-state index contributed by atoms with van der Waals surface area (Å²) in [6, 6.07) is 8.74. The molecule has 2 aliphatic rings. The summed E-state index contributed by atoms with van der Waals surface area (Å²) in [6.07, 6.45) is 2.42. The highest BCUT2D eigenvalue weighted by atomic mass is 16.5. The molecule has 2 saturated heterocycles. The smallest absolute Gasteiger partial charge is 0.314 e. The summed E-state index contributed by atoms with van der Waals surface area (Å²) in [4.78, 5) is 15.4. The van der Waals surface area contributed by atoms with Gasteiger partial charge in [0.25, 0.3) is 0 Å². The fourth-order valence-corrected chi connectivity index (χ4v) is 3.90. The number of primary amides is 1. The number of amides is 2. The number of anilines is 1. The molecule has 1 aromatic carbocycles. The van der Waals surface area contributed by atoms with E-state index in [2.05, 4.69) is 48.3 Å². The van der Waals surface area contributed by atoms with E-state index >= 15 is 0 Å². The van der Waals surface area contributed by atoms with Crippen molar-refractivity contribution in [1.82, 2.24) is 10.2 Å². The Morgan fingerprint density at radius 3 is 2.48 bits per heavy atom. The molecule has 3 N–H and O–H groups in total. The van der Waals surface area contributed by atoms with Crippen LogP contribution in [-0.4, -0.2) is 55.4 Å². The Balaban J connectivity index is 1.59. The maximum Gasteiger partial charge on any atom is 0.314 e. The summed E-state index contributed by atoms with van der Waals surface area (Å²) in [5, 5.41) is 3.66. The second-order valence-corrected chi connectivity index (χ2v) is 7.27. The van der Waals surface area contributed by atoms with Gasteiger partial charge in [0.15, 0.2) is 0 Å². The zero-order valence-electron chi connectivity index (χ0n) is 15.3. The van der Waals surface area contributed by atoms with E-state index in [0.717, 1.165) is 45.6 Å². The number of carbonyl (C=O) groups excluding carboxylic acids is 1. The molecule has 0 radical (unpaired) electrons. The Morgan fingerprint density at radius 1 is 1.20 bits per heavy atom. The van der Waals surface area contributed by atoms with Crippen LogP contribution in [0.3, 0.4) is 0 Å². The summed E-state index contributed by atoms with van der Waals surface area (Å²) in [6.45, 7) is 8.46. The van der Waals surface area contributed by atoms with E-state index in [1.807, 2.05) is 0 Å². The molecule has 0 aromatic heterocycles. The van der Waals surface area contributed by atoms with Crippen molar-refractivity contribution in [1.29, 1.82) is 0 Å². The van der Waals surface area contributed by atoms with Gasteiger partial charge in [-0.1, -0.05) is 18.2 Å².